The van der Waals surface area contributed by atoms with Crippen LogP contribution in [-0.4, -0.2) is 17.6 Å². The molecule has 0 aromatic heterocycles. The largest absolute Gasteiger partial charge is 0.402 e. The van der Waals surface area contributed by atoms with Crippen molar-refractivity contribution in [1.29, 1.82) is 0 Å². The topological polar surface area (TPSA) is 41.3 Å². The molecule has 66 valence electrons. The van der Waals surface area contributed by atoms with E-state index in [0.29, 0.717) is 6.04 Å². The molecule has 0 bridgehead atoms. The Kier molecular flexibility index (Phi) is 2.04. The van der Waals surface area contributed by atoms with Gasteiger partial charge in [-0.2, -0.15) is 0 Å². The van der Waals surface area contributed by atoms with Crippen molar-refractivity contribution in [3.05, 3.63) is 24.0 Å². The molecule has 3 heteroatoms. The van der Waals surface area contributed by atoms with E-state index in [2.05, 4.69) is 28.8 Å². The molecule has 1 heterocycles. The Morgan fingerprint density at radius 2 is 2.50 bits per heavy atom. The van der Waals surface area contributed by atoms with Gasteiger partial charge in [-0.25, -0.2) is 5.43 Å². The normalized spacial score (nSPS) is 29.2. The van der Waals surface area contributed by atoms with Gasteiger partial charge >= 0.3 is 0 Å². The zero-order valence-electron chi connectivity index (χ0n) is 7.16. The molecule has 12 heavy (non-hydrogen) atoms. The van der Waals surface area contributed by atoms with Gasteiger partial charge < -0.3 is 10.7 Å². The highest BCUT2D eigenvalue weighted by Gasteiger charge is 2.19. The van der Waals surface area contributed by atoms with Crippen molar-refractivity contribution in [3.8, 4) is 0 Å². The molecule has 0 saturated carbocycles. The minimum atomic E-state index is 0.607. The average Bonchev–Trinajstić information content (AvgIpc) is 2.58. The maximum atomic E-state index is 5.70. The van der Waals surface area contributed by atoms with Crippen LogP contribution in [0.4, 0.5) is 0 Å². The van der Waals surface area contributed by atoms with Crippen molar-refractivity contribution in [3.63, 3.8) is 0 Å². The summed E-state index contributed by atoms with van der Waals surface area (Å²) in [5, 5.41) is 2.20. The molecule has 0 aromatic rings. The number of hydrazine groups is 1. The van der Waals surface area contributed by atoms with Gasteiger partial charge in [-0.1, -0.05) is 12.2 Å². The van der Waals surface area contributed by atoms with E-state index in [0.717, 1.165) is 25.1 Å². The van der Waals surface area contributed by atoms with Crippen LogP contribution in [0.5, 0.6) is 0 Å². The molecule has 2 rings (SSSR count). The summed E-state index contributed by atoms with van der Waals surface area (Å²) >= 11 is 0. The summed E-state index contributed by atoms with van der Waals surface area (Å²) in [5.41, 5.74) is 10.0. The third-order valence-electron chi connectivity index (χ3n) is 2.47. The maximum Gasteiger partial charge on any atom is 0.0487 e. The fourth-order valence-corrected chi connectivity index (χ4v) is 1.72. The molecule has 0 saturated heterocycles. The third kappa shape index (κ3) is 1.46. The van der Waals surface area contributed by atoms with E-state index in [4.69, 9.17) is 5.73 Å². The fraction of sp³-hybridized carbons (Fsp3) is 0.556. The van der Waals surface area contributed by atoms with E-state index in [1.54, 1.807) is 0 Å². The van der Waals surface area contributed by atoms with E-state index < -0.39 is 0 Å². The second kappa shape index (κ2) is 3.19. The Bertz CT molecular complexity index is 220. The molecule has 1 atom stereocenters. The number of nitrogens with one attached hydrogen (secondary N) is 1. The van der Waals surface area contributed by atoms with Gasteiger partial charge in [-0.05, 0) is 19.3 Å². The zero-order valence-corrected chi connectivity index (χ0v) is 7.16. The van der Waals surface area contributed by atoms with Crippen LogP contribution >= 0.6 is 0 Å². The molecule has 3 N–H and O–H groups in total. The minimum Gasteiger partial charge on any atom is -0.402 e. The van der Waals surface area contributed by atoms with Gasteiger partial charge in [-0.15, -0.1) is 0 Å². The van der Waals surface area contributed by atoms with Crippen LogP contribution in [0.3, 0.4) is 0 Å². The lowest BCUT2D eigenvalue weighted by Gasteiger charge is -2.29. The number of hydrogen-bond acceptors (Lipinski definition) is 3. The fourth-order valence-electron chi connectivity index (χ4n) is 1.72. The minimum absolute atomic E-state index is 0.607. The van der Waals surface area contributed by atoms with Gasteiger partial charge in [0.15, 0.2) is 0 Å². The summed E-state index contributed by atoms with van der Waals surface area (Å²) in [6, 6.07) is 0.607. The van der Waals surface area contributed by atoms with Gasteiger partial charge in [0.1, 0.15) is 0 Å². The Morgan fingerprint density at radius 1 is 1.58 bits per heavy atom. The van der Waals surface area contributed by atoms with Crippen molar-refractivity contribution in [2.75, 3.05) is 6.54 Å². The van der Waals surface area contributed by atoms with Crippen molar-refractivity contribution >= 4 is 0 Å². The lowest BCUT2D eigenvalue weighted by molar-refractivity contribution is 0.206. The zero-order chi connectivity index (χ0) is 8.39. The highest BCUT2D eigenvalue weighted by molar-refractivity contribution is 5.05. The van der Waals surface area contributed by atoms with E-state index in [-0.39, 0.29) is 0 Å². The Labute approximate surface area is 72.9 Å². The first kappa shape index (κ1) is 7.68. The molecule has 0 amide bonds. The second-order valence-corrected chi connectivity index (χ2v) is 3.36. The third-order valence-corrected chi connectivity index (χ3v) is 2.47. The summed E-state index contributed by atoms with van der Waals surface area (Å²) < 4.78 is 0. The standard InChI is InChI=1S/C9H15N3/c10-8-2-4-9(5-3-8)12-7-1-6-11-12/h1-2,7,9,11H,3-6,10H2. The highest BCUT2D eigenvalue weighted by Crippen LogP contribution is 2.19. The summed E-state index contributed by atoms with van der Waals surface area (Å²) in [7, 11) is 0. The molecular formula is C9H15N3. The van der Waals surface area contributed by atoms with Gasteiger partial charge in [0.2, 0.25) is 0 Å². The summed E-state index contributed by atoms with van der Waals surface area (Å²) in [6.45, 7) is 0.968. The Balaban J connectivity index is 1.94. The molecule has 1 aliphatic carbocycles. The van der Waals surface area contributed by atoms with Crippen LogP contribution in [0.15, 0.2) is 24.0 Å². The molecule has 1 unspecified atom stereocenters. The van der Waals surface area contributed by atoms with Crippen LogP contribution in [-0.2, 0) is 0 Å². The van der Waals surface area contributed by atoms with Crippen molar-refractivity contribution in [2.45, 2.75) is 25.3 Å². The van der Waals surface area contributed by atoms with Crippen LogP contribution in [0.1, 0.15) is 19.3 Å². The van der Waals surface area contributed by atoms with E-state index in [9.17, 15) is 0 Å². The summed E-state index contributed by atoms with van der Waals surface area (Å²) in [6.07, 6.45) is 9.68. The van der Waals surface area contributed by atoms with E-state index in [1.165, 1.54) is 6.42 Å². The van der Waals surface area contributed by atoms with Crippen LogP contribution in [0, 0.1) is 0 Å². The predicted molar refractivity (Wildman–Crippen MR) is 48.9 cm³/mol. The number of nitrogens with zero attached hydrogens (tertiary/aromatic N) is 1. The van der Waals surface area contributed by atoms with Crippen LogP contribution in [0.2, 0.25) is 0 Å². The molecule has 0 spiro atoms. The molecular weight excluding hydrogens is 150 g/mol. The van der Waals surface area contributed by atoms with Gasteiger partial charge in [0.05, 0.1) is 0 Å². The lowest BCUT2D eigenvalue weighted by atomic mass is 9.99. The number of allylic oxidation sites excluding steroid dienone is 1. The number of hydrogen-bond donors (Lipinski definition) is 2. The average molecular weight is 165 g/mol. The first-order valence-corrected chi connectivity index (χ1v) is 4.49. The predicted octanol–water partition coefficient (Wildman–Crippen LogP) is 0.715. The van der Waals surface area contributed by atoms with Crippen molar-refractivity contribution < 1.29 is 0 Å². The summed E-state index contributed by atoms with van der Waals surface area (Å²) in [4.78, 5) is 0. The molecule has 2 aliphatic rings. The number of rotatable bonds is 1. The van der Waals surface area contributed by atoms with Gasteiger partial charge in [0, 0.05) is 24.5 Å². The highest BCUT2D eigenvalue weighted by atomic mass is 15.5. The quantitative estimate of drug-likeness (QED) is 0.601. The molecule has 0 radical (unpaired) electrons. The van der Waals surface area contributed by atoms with Crippen molar-refractivity contribution in [2.24, 2.45) is 5.73 Å². The number of nitrogens with two attached hydrogens (primary N) is 1. The SMILES string of the molecule is NC1=CCC(N2C=CCN2)CC1. The van der Waals surface area contributed by atoms with Gasteiger partial charge in [-0.3, -0.25) is 0 Å². The first-order valence-electron chi connectivity index (χ1n) is 4.49. The monoisotopic (exact) mass is 165 g/mol. The first-order chi connectivity index (χ1) is 5.86. The maximum absolute atomic E-state index is 5.70. The van der Waals surface area contributed by atoms with E-state index in [1.807, 2.05) is 0 Å². The van der Waals surface area contributed by atoms with Gasteiger partial charge in [0.25, 0.3) is 0 Å². The molecule has 0 aromatic carbocycles. The Hall–Kier alpha value is -0.960. The van der Waals surface area contributed by atoms with E-state index >= 15 is 0 Å². The molecule has 0 fully saturated rings. The second-order valence-electron chi connectivity index (χ2n) is 3.36. The van der Waals surface area contributed by atoms with Crippen molar-refractivity contribution in [1.82, 2.24) is 10.4 Å². The lowest BCUT2D eigenvalue weighted by Crippen LogP contribution is -2.39. The molecule has 3 nitrogen and oxygen atoms in total. The Morgan fingerprint density at radius 3 is 3.08 bits per heavy atom. The summed E-state index contributed by atoms with van der Waals surface area (Å²) in [5.74, 6) is 0. The molecule has 1 aliphatic heterocycles. The van der Waals surface area contributed by atoms with Crippen LogP contribution < -0.4 is 11.2 Å². The van der Waals surface area contributed by atoms with Crippen LogP contribution in [0.25, 0.3) is 0 Å². The smallest absolute Gasteiger partial charge is 0.0487 e.